The first kappa shape index (κ1) is 15.1. The molecule has 0 aromatic carbocycles. The van der Waals surface area contributed by atoms with E-state index in [0.717, 1.165) is 5.69 Å². The maximum Gasteiger partial charge on any atom is 0.252 e. The van der Waals surface area contributed by atoms with Gasteiger partial charge in [-0.15, -0.1) is 11.3 Å². The lowest BCUT2D eigenvalue weighted by molar-refractivity contribution is 0.0951. The number of hydrogen-bond donors (Lipinski definition) is 1. The third-order valence-corrected chi connectivity index (χ3v) is 5.01. The number of nitrogens with one attached hydrogen (secondary N) is 1. The SMILES string of the molecule is O=C(NCCn1nc(-c2cccs2)cc1C1CC1)c1cccnc1. The summed E-state index contributed by atoms with van der Waals surface area (Å²) in [6.07, 6.45) is 5.71. The lowest BCUT2D eigenvalue weighted by Gasteiger charge is -2.08. The van der Waals surface area contributed by atoms with Gasteiger partial charge in [-0.2, -0.15) is 5.10 Å². The standard InChI is InChI=1S/C18H18N4OS/c23-18(14-3-1-7-19-12-14)20-8-9-22-16(13-5-6-13)11-15(21-22)17-4-2-10-24-17/h1-4,7,10-13H,5-6,8-9H2,(H,20,23). The summed E-state index contributed by atoms with van der Waals surface area (Å²) < 4.78 is 2.05. The van der Waals surface area contributed by atoms with E-state index in [2.05, 4.69) is 32.5 Å². The van der Waals surface area contributed by atoms with E-state index in [1.807, 2.05) is 6.07 Å². The van der Waals surface area contributed by atoms with E-state index in [0.29, 0.717) is 24.6 Å². The molecule has 3 aromatic rings. The fourth-order valence-corrected chi connectivity index (χ4v) is 3.42. The van der Waals surface area contributed by atoms with Crippen LogP contribution in [0, 0.1) is 0 Å². The molecule has 1 N–H and O–H groups in total. The highest BCUT2D eigenvalue weighted by Crippen LogP contribution is 2.41. The summed E-state index contributed by atoms with van der Waals surface area (Å²) >= 11 is 1.70. The molecular formula is C18H18N4OS. The summed E-state index contributed by atoms with van der Waals surface area (Å²) in [7, 11) is 0. The number of thiophene rings is 1. The van der Waals surface area contributed by atoms with Gasteiger partial charge in [-0.3, -0.25) is 14.5 Å². The maximum atomic E-state index is 12.1. The van der Waals surface area contributed by atoms with Crippen LogP contribution in [0.2, 0.25) is 0 Å². The average Bonchev–Trinajstić information content (AvgIpc) is 3.14. The second-order valence-corrected chi connectivity index (χ2v) is 6.87. The van der Waals surface area contributed by atoms with Gasteiger partial charge in [-0.05, 0) is 42.5 Å². The van der Waals surface area contributed by atoms with E-state index in [-0.39, 0.29) is 5.91 Å². The van der Waals surface area contributed by atoms with Crippen molar-refractivity contribution < 1.29 is 4.79 Å². The third-order valence-electron chi connectivity index (χ3n) is 4.11. The molecule has 1 aliphatic rings. The number of aromatic nitrogens is 3. The van der Waals surface area contributed by atoms with Crippen LogP contribution in [0.1, 0.15) is 34.8 Å². The van der Waals surface area contributed by atoms with Crippen molar-refractivity contribution in [3.8, 4) is 10.6 Å². The highest BCUT2D eigenvalue weighted by molar-refractivity contribution is 7.13. The number of rotatable bonds is 6. The largest absolute Gasteiger partial charge is 0.350 e. The Hall–Kier alpha value is -2.47. The van der Waals surface area contributed by atoms with Crippen molar-refractivity contribution in [2.45, 2.75) is 25.3 Å². The predicted molar refractivity (Wildman–Crippen MR) is 94.1 cm³/mol. The van der Waals surface area contributed by atoms with Gasteiger partial charge in [0.25, 0.3) is 5.91 Å². The van der Waals surface area contributed by atoms with E-state index in [4.69, 9.17) is 5.10 Å². The minimum absolute atomic E-state index is 0.0956. The van der Waals surface area contributed by atoms with Gasteiger partial charge in [-0.1, -0.05) is 6.07 Å². The van der Waals surface area contributed by atoms with Crippen LogP contribution < -0.4 is 5.32 Å². The smallest absolute Gasteiger partial charge is 0.252 e. The molecule has 122 valence electrons. The molecule has 1 saturated carbocycles. The normalized spacial score (nSPS) is 13.8. The Morgan fingerprint density at radius 2 is 2.25 bits per heavy atom. The van der Waals surface area contributed by atoms with Crippen molar-refractivity contribution in [3.63, 3.8) is 0 Å². The second kappa shape index (κ2) is 6.57. The quantitative estimate of drug-likeness (QED) is 0.750. The molecular weight excluding hydrogens is 320 g/mol. The van der Waals surface area contributed by atoms with Crippen molar-refractivity contribution in [2.24, 2.45) is 0 Å². The molecule has 3 aromatic heterocycles. The summed E-state index contributed by atoms with van der Waals surface area (Å²) in [6, 6.07) is 9.87. The van der Waals surface area contributed by atoms with Crippen LogP contribution in [-0.4, -0.2) is 27.2 Å². The molecule has 24 heavy (non-hydrogen) atoms. The second-order valence-electron chi connectivity index (χ2n) is 5.93. The highest BCUT2D eigenvalue weighted by Gasteiger charge is 2.28. The molecule has 0 bridgehead atoms. The van der Waals surface area contributed by atoms with Crippen LogP contribution in [0.4, 0.5) is 0 Å². The number of carbonyl (C=O) groups excluding carboxylic acids is 1. The van der Waals surface area contributed by atoms with Crippen molar-refractivity contribution in [2.75, 3.05) is 6.54 Å². The zero-order valence-electron chi connectivity index (χ0n) is 13.2. The molecule has 3 heterocycles. The van der Waals surface area contributed by atoms with Gasteiger partial charge in [0.1, 0.15) is 5.69 Å². The molecule has 0 saturated heterocycles. The van der Waals surface area contributed by atoms with Crippen molar-refractivity contribution in [1.82, 2.24) is 20.1 Å². The Kier molecular flexibility index (Phi) is 4.13. The topological polar surface area (TPSA) is 59.8 Å². The van der Waals surface area contributed by atoms with Crippen LogP contribution in [0.3, 0.4) is 0 Å². The molecule has 6 heteroatoms. The average molecular weight is 338 g/mol. The predicted octanol–water partition coefficient (Wildman–Crippen LogP) is 3.31. The van der Waals surface area contributed by atoms with Crippen LogP contribution in [0.25, 0.3) is 10.6 Å². The summed E-state index contributed by atoms with van der Waals surface area (Å²) in [5, 5.41) is 9.76. The molecule has 0 spiro atoms. The van der Waals surface area contributed by atoms with Gasteiger partial charge < -0.3 is 5.32 Å². The van der Waals surface area contributed by atoms with Gasteiger partial charge in [0.05, 0.1) is 17.0 Å². The molecule has 0 radical (unpaired) electrons. The van der Waals surface area contributed by atoms with Crippen molar-refractivity contribution in [3.05, 3.63) is 59.4 Å². The van der Waals surface area contributed by atoms with Crippen molar-refractivity contribution >= 4 is 17.2 Å². The molecule has 0 unspecified atom stereocenters. The number of pyridine rings is 1. The zero-order chi connectivity index (χ0) is 16.4. The molecule has 1 amide bonds. The van der Waals surface area contributed by atoms with Crippen LogP contribution >= 0.6 is 11.3 Å². The molecule has 1 aliphatic carbocycles. The number of carbonyl (C=O) groups is 1. The Morgan fingerprint density at radius 1 is 1.33 bits per heavy atom. The number of amides is 1. The van der Waals surface area contributed by atoms with E-state index in [1.54, 1.807) is 35.9 Å². The fraction of sp³-hybridized carbons (Fsp3) is 0.278. The molecule has 5 nitrogen and oxygen atoms in total. The number of nitrogens with zero attached hydrogens (tertiary/aromatic N) is 3. The van der Waals surface area contributed by atoms with Crippen LogP contribution in [0.15, 0.2) is 48.1 Å². The van der Waals surface area contributed by atoms with Crippen LogP contribution in [-0.2, 0) is 6.54 Å². The van der Waals surface area contributed by atoms with E-state index in [9.17, 15) is 4.79 Å². The molecule has 4 rings (SSSR count). The fourth-order valence-electron chi connectivity index (χ4n) is 2.74. The summed E-state index contributed by atoms with van der Waals surface area (Å²) in [4.78, 5) is 17.2. The zero-order valence-corrected chi connectivity index (χ0v) is 14.0. The Labute approximate surface area is 144 Å². The Morgan fingerprint density at radius 3 is 2.96 bits per heavy atom. The van der Waals surface area contributed by atoms with Crippen LogP contribution in [0.5, 0.6) is 0 Å². The number of hydrogen-bond acceptors (Lipinski definition) is 4. The highest BCUT2D eigenvalue weighted by atomic mass is 32.1. The molecule has 1 fully saturated rings. The first-order valence-corrected chi connectivity index (χ1v) is 8.99. The third kappa shape index (κ3) is 3.23. The summed E-state index contributed by atoms with van der Waals surface area (Å²) in [5.74, 6) is 0.530. The maximum absolute atomic E-state index is 12.1. The summed E-state index contributed by atoms with van der Waals surface area (Å²) in [6.45, 7) is 1.24. The first-order chi connectivity index (χ1) is 11.8. The van der Waals surface area contributed by atoms with E-state index in [1.165, 1.54) is 23.4 Å². The van der Waals surface area contributed by atoms with Gasteiger partial charge in [-0.25, -0.2) is 0 Å². The first-order valence-electron chi connectivity index (χ1n) is 8.11. The van der Waals surface area contributed by atoms with Gasteiger partial charge in [0.2, 0.25) is 0 Å². The summed E-state index contributed by atoms with van der Waals surface area (Å²) in [5.41, 5.74) is 2.90. The minimum atomic E-state index is -0.0956. The minimum Gasteiger partial charge on any atom is -0.350 e. The van der Waals surface area contributed by atoms with Crippen molar-refractivity contribution in [1.29, 1.82) is 0 Å². The monoisotopic (exact) mass is 338 g/mol. The Bertz CT molecular complexity index is 822. The molecule has 0 aliphatic heterocycles. The van der Waals surface area contributed by atoms with E-state index >= 15 is 0 Å². The van der Waals surface area contributed by atoms with Gasteiger partial charge in [0.15, 0.2) is 0 Å². The van der Waals surface area contributed by atoms with E-state index < -0.39 is 0 Å². The van der Waals surface area contributed by atoms with Gasteiger partial charge >= 0.3 is 0 Å². The molecule has 0 atom stereocenters. The van der Waals surface area contributed by atoms with Gasteiger partial charge in [0, 0.05) is 30.6 Å². The lowest BCUT2D eigenvalue weighted by atomic mass is 10.2. The lowest BCUT2D eigenvalue weighted by Crippen LogP contribution is -2.28. The Balaban J connectivity index is 1.43.